The van der Waals surface area contributed by atoms with Crippen molar-refractivity contribution >= 4 is 11.7 Å². The highest BCUT2D eigenvalue weighted by Gasteiger charge is 2.23. The maximum Gasteiger partial charge on any atom is 0.319 e. The Bertz CT molecular complexity index is 675. The van der Waals surface area contributed by atoms with Gasteiger partial charge < -0.3 is 15.7 Å². The average Bonchev–Trinajstić information content (AvgIpc) is 3.17. The predicted octanol–water partition coefficient (Wildman–Crippen LogP) is 2.29. The number of hydrogen-bond acceptors (Lipinski definition) is 3. The van der Waals surface area contributed by atoms with Crippen LogP contribution < -0.4 is 10.6 Å². The summed E-state index contributed by atoms with van der Waals surface area (Å²) in [4.78, 5) is 12.0. The summed E-state index contributed by atoms with van der Waals surface area (Å²) >= 11 is 0. The number of halogens is 1. The highest BCUT2D eigenvalue weighted by molar-refractivity contribution is 5.91. The summed E-state index contributed by atoms with van der Waals surface area (Å²) in [5, 5.41) is 19.0. The first-order valence-corrected chi connectivity index (χ1v) is 7.64. The number of rotatable bonds is 4. The molecule has 1 aliphatic carbocycles. The van der Waals surface area contributed by atoms with E-state index in [1.807, 2.05) is 0 Å². The maximum absolute atomic E-state index is 13.5. The summed E-state index contributed by atoms with van der Waals surface area (Å²) in [5.41, 5.74) is 0.931. The van der Waals surface area contributed by atoms with Gasteiger partial charge in [-0.05, 0) is 49.4 Å². The first kappa shape index (κ1) is 15.5. The lowest BCUT2D eigenvalue weighted by Gasteiger charge is -2.14. The Morgan fingerprint density at radius 2 is 2.30 bits per heavy atom. The predicted molar refractivity (Wildman–Crippen MR) is 83.9 cm³/mol. The number of hydrogen-bond donors (Lipinski definition) is 3. The zero-order valence-corrected chi connectivity index (χ0v) is 12.6. The first-order chi connectivity index (χ1) is 11.1. The van der Waals surface area contributed by atoms with Crippen LogP contribution in [0.15, 0.2) is 36.7 Å². The number of aromatic nitrogens is 2. The van der Waals surface area contributed by atoms with E-state index in [-0.39, 0.29) is 12.0 Å². The molecular weight excluding hydrogens is 299 g/mol. The van der Waals surface area contributed by atoms with Gasteiger partial charge in [0, 0.05) is 18.9 Å². The molecule has 0 unspecified atom stereocenters. The lowest BCUT2D eigenvalue weighted by atomic mass is 10.1. The highest BCUT2D eigenvalue weighted by Crippen LogP contribution is 2.25. The number of amides is 2. The van der Waals surface area contributed by atoms with Crippen LogP contribution in [-0.4, -0.2) is 33.6 Å². The number of benzene rings is 1. The lowest BCUT2D eigenvalue weighted by molar-refractivity contribution is 0.177. The molecule has 2 amide bonds. The van der Waals surface area contributed by atoms with Crippen LogP contribution in [-0.2, 0) is 0 Å². The Kier molecular flexibility index (Phi) is 4.57. The standard InChI is InChI=1S/C16H19FN4O2/c17-12-3-5-15(21-7-1-6-19-21)14(9-12)20-16(23)18-10-11-2-4-13(22)8-11/h1,3,5-7,9,11,13,22H,2,4,8,10H2,(H2,18,20,23)/t11-,13-/m0/s1. The molecule has 23 heavy (non-hydrogen) atoms. The molecule has 2 atom stereocenters. The van der Waals surface area contributed by atoms with Gasteiger partial charge in [0.25, 0.3) is 0 Å². The quantitative estimate of drug-likeness (QED) is 0.809. The zero-order chi connectivity index (χ0) is 16.2. The Morgan fingerprint density at radius 3 is 3.00 bits per heavy atom. The Labute approximate surface area is 133 Å². The molecule has 1 fully saturated rings. The Hall–Kier alpha value is -2.41. The molecule has 1 aromatic heterocycles. The van der Waals surface area contributed by atoms with Crippen molar-refractivity contribution in [1.82, 2.24) is 15.1 Å². The number of urea groups is 1. The molecule has 1 saturated carbocycles. The molecule has 1 heterocycles. The van der Waals surface area contributed by atoms with Crippen LogP contribution in [0.2, 0.25) is 0 Å². The minimum atomic E-state index is -0.435. The van der Waals surface area contributed by atoms with Crippen LogP contribution in [0.4, 0.5) is 14.9 Å². The summed E-state index contributed by atoms with van der Waals surface area (Å²) in [5.74, 6) is -0.149. The van der Waals surface area contributed by atoms with Gasteiger partial charge in [-0.1, -0.05) is 0 Å². The number of aliphatic hydroxyl groups excluding tert-OH is 1. The third kappa shape index (κ3) is 3.87. The first-order valence-electron chi connectivity index (χ1n) is 7.64. The minimum Gasteiger partial charge on any atom is -0.393 e. The van der Waals surface area contributed by atoms with Gasteiger partial charge >= 0.3 is 6.03 Å². The molecule has 0 aliphatic heterocycles. The number of aliphatic hydroxyl groups is 1. The molecule has 2 aromatic rings. The third-order valence-electron chi connectivity index (χ3n) is 4.02. The topological polar surface area (TPSA) is 79.2 Å². The molecule has 0 saturated heterocycles. The number of carbonyl (C=O) groups is 1. The Balaban J connectivity index is 1.65. The van der Waals surface area contributed by atoms with Crippen molar-refractivity contribution in [1.29, 1.82) is 0 Å². The minimum absolute atomic E-state index is 0.264. The van der Waals surface area contributed by atoms with Crippen LogP contribution in [0.3, 0.4) is 0 Å². The summed E-state index contributed by atoms with van der Waals surface area (Å²) in [6.07, 6.45) is 5.45. The fraction of sp³-hybridized carbons (Fsp3) is 0.375. The smallest absolute Gasteiger partial charge is 0.319 e. The molecule has 1 aliphatic rings. The Morgan fingerprint density at radius 1 is 1.43 bits per heavy atom. The van der Waals surface area contributed by atoms with E-state index in [1.54, 1.807) is 29.2 Å². The summed E-state index contributed by atoms with van der Waals surface area (Å²) in [6, 6.07) is 5.49. The van der Waals surface area contributed by atoms with Crippen molar-refractivity contribution in [3.8, 4) is 5.69 Å². The molecular formula is C16H19FN4O2. The summed E-state index contributed by atoms with van der Waals surface area (Å²) in [6.45, 7) is 0.495. The van der Waals surface area contributed by atoms with E-state index in [9.17, 15) is 14.3 Å². The van der Waals surface area contributed by atoms with Crippen molar-refractivity contribution < 1.29 is 14.3 Å². The second-order valence-corrected chi connectivity index (χ2v) is 5.78. The van der Waals surface area contributed by atoms with E-state index in [4.69, 9.17) is 0 Å². The number of carbonyl (C=O) groups excluding carboxylic acids is 1. The SMILES string of the molecule is O=C(NC[C@H]1CC[C@H](O)C1)Nc1cc(F)ccc1-n1cccn1. The van der Waals surface area contributed by atoms with Crippen molar-refractivity contribution in [3.05, 3.63) is 42.5 Å². The lowest BCUT2D eigenvalue weighted by Crippen LogP contribution is -2.33. The molecule has 3 N–H and O–H groups in total. The van der Waals surface area contributed by atoms with Crippen molar-refractivity contribution in [2.45, 2.75) is 25.4 Å². The fourth-order valence-corrected chi connectivity index (χ4v) is 2.86. The molecule has 1 aromatic carbocycles. The summed E-state index contributed by atoms with van der Waals surface area (Å²) < 4.78 is 15.0. The fourth-order valence-electron chi connectivity index (χ4n) is 2.86. The molecule has 7 heteroatoms. The van der Waals surface area contributed by atoms with E-state index in [0.717, 1.165) is 12.8 Å². The second kappa shape index (κ2) is 6.78. The summed E-state index contributed by atoms with van der Waals surface area (Å²) in [7, 11) is 0. The van der Waals surface area contributed by atoms with E-state index >= 15 is 0 Å². The van der Waals surface area contributed by atoms with E-state index in [2.05, 4.69) is 15.7 Å². The molecule has 3 rings (SSSR count). The van der Waals surface area contributed by atoms with Crippen LogP contribution in [0.1, 0.15) is 19.3 Å². The van der Waals surface area contributed by atoms with E-state index in [0.29, 0.717) is 24.3 Å². The van der Waals surface area contributed by atoms with Crippen LogP contribution in [0, 0.1) is 11.7 Å². The second-order valence-electron chi connectivity index (χ2n) is 5.78. The van der Waals surface area contributed by atoms with E-state index < -0.39 is 11.8 Å². The van der Waals surface area contributed by atoms with Gasteiger partial charge in [0.1, 0.15) is 5.82 Å². The molecule has 0 radical (unpaired) electrons. The van der Waals surface area contributed by atoms with Crippen molar-refractivity contribution in [3.63, 3.8) is 0 Å². The van der Waals surface area contributed by atoms with Gasteiger partial charge in [0.2, 0.25) is 0 Å². The van der Waals surface area contributed by atoms with Gasteiger partial charge in [-0.3, -0.25) is 0 Å². The van der Waals surface area contributed by atoms with Gasteiger partial charge in [0.15, 0.2) is 0 Å². The average molecular weight is 318 g/mol. The largest absolute Gasteiger partial charge is 0.393 e. The number of nitrogens with zero attached hydrogens (tertiary/aromatic N) is 2. The normalized spacial score (nSPS) is 20.4. The molecule has 122 valence electrons. The van der Waals surface area contributed by atoms with Gasteiger partial charge in [-0.15, -0.1) is 0 Å². The monoisotopic (exact) mass is 318 g/mol. The highest BCUT2D eigenvalue weighted by atomic mass is 19.1. The molecule has 6 nitrogen and oxygen atoms in total. The van der Waals surface area contributed by atoms with Crippen molar-refractivity contribution in [2.75, 3.05) is 11.9 Å². The van der Waals surface area contributed by atoms with Gasteiger partial charge in [0.05, 0.1) is 17.5 Å². The third-order valence-corrected chi connectivity index (χ3v) is 4.02. The molecule has 0 bridgehead atoms. The van der Waals surface area contributed by atoms with Crippen molar-refractivity contribution in [2.24, 2.45) is 5.92 Å². The van der Waals surface area contributed by atoms with Gasteiger partial charge in [-0.25, -0.2) is 13.9 Å². The van der Waals surface area contributed by atoms with Crippen LogP contribution in [0.25, 0.3) is 5.69 Å². The van der Waals surface area contributed by atoms with Crippen LogP contribution in [0.5, 0.6) is 0 Å². The number of anilines is 1. The molecule has 0 spiro atoms. The number of nitrogens with one attached hydrogen (secondary N) is 2. The van der Waals surface area contributed by atoms with Crippen LogP contribution >= 0.6 is 0 Å². The van der Waals surface area contributed by atoms with Gasteiger partial charge in [-0.2, -0.15) is 5.10 Å². The van der Waals surface area contributed by atoms with E-state index in [1.165, 1.54) is 12.1 Å². The maximum atomic E-state index is 13.5. The zero-order valence-electron chi connectivity index (χ0n) is 12.6.